The molecule has 1 aromatic heterocycles. The molecule has 0 atom stereocenters. The summed E-state index contributed by atoms with van der Waals surface area (Å²) in [5, 5.41) is 7.23. The minimum absolute atomic E-state index is 0.0533. The summed E-state index contributed by atoms with van der Waals surface area (Å²) in [7, 11) is 0. The van der Waals surface area contributed by atoms with Crippen molar-refractivity contribution in [2.75, 3.05) is 6.54 Å². The molecule has 6 heteroatoms. The Morgan fingerprint density at radius 2 is 2.31 bits per heavy atom. The molecule has 3 N–H and O–H groups in total. The number of aliphatic imine (C=N–C) groups is 1. The van der Waals surface area contributed by atoms with Crippen LogP contribution in [-0.4, -0.2) is 27.8 Å². The van der Waals surface area contributed by atoms with Crippen LogP contribution in [0, 0.1) is 0 Å². The van der Waals surface area contributed by atoms with Crippen molar-refractivity contribution in [3.05, 3.63) is 16.9 Å². The summed E-state index contributed by atoms with van der Waals surface area (Å²) in [4.78, 5) is 4.22. The van der Waals surface area contributed by atoms with Crippen LogP contribution in [0.25, 0.3) is 0 Å². The number of aromatic nitrogens is 2. The van der Waals surface area contributed by atoms with Gasteiger partial charge in [0.15, 0.2) is 5.96 Å². The van der Waals surface area contributed by atoms with E-state index < -0.39 is 0 Å². The minimum atomic E-state index is -0.0533. The highest BCUT2D eigenvalue weighted by Gasteiger charge is 2.09. The molecule has 0 aromatic carbocycles. The van der Waals surface area contributed by atoms with Crippen LogP contribution in [0.4, 0.5) is 0 Å². The van der Waals surface area contributed by atoms with Crippen LogP contribution in [0.3, 0.4) is 0 Å². The number of halogens is 1. The predicted molar refractivity (Wildman–Crippen MR) is 69.3 cm³/mol. The average molecular weight is 288 g/mol. The van der Waals surface area contributed by atoms with Gasteiger partial charge in [-0.1, -0.05) is 0 Å². The van der Waals surface area contributed by atoms with Crippen molar-refractivity contribution in [1.29, 1.82) is 0 Å². The fraction of sp³-hybridized carbons (Fsp3) is 0.600. The third-order valence-corrected chi connectivity index (χ3v) is 2.13. The van der Waals surface area contributed by atoms with E-state index in [1.54, 1.807) is 6.20 Å². The van der Waals surface area contributed by atoms with Gasteiger partial charge < -0.3 is 11.1 Å². The van der Waals surface area contributed by atoms with Crippen LogP contribution in [-0.2, 0) is 6.54 Å². The molecule has 0 saturated heterocycles. The summed E-state index contributed by atoms with van der Waals surface area (Å²) in [6.45, 7) is 7.46. The van der Waals surface area contributed by atoms with Gasteiger partial charge in [0.2, 0.25) is 0 Å². The second kappa shape index (κ2) is 5.34. The van der Waals surface area contributed by atoms with E-state index in [-0.39, 0.29) is 5.54 Å². The Bertz CT molecular complexity index is 364. The van der Waals surface area contributed by atoms with E-state index in [4.69, 9.17) is 5.73 Å². The number of nitrogens with one attached hydrogen (secondary N) is 1. The monoisotopic (exact) mass is 287 g/mol. The Morgan fingerprint density at radius 3 is 2.81 bits per heavy atom. The smallest absolute Gasteiger partial charge is 0.189 e. The van der Waals surface area contributed by atoms with Gasteiger partial charge in [0, 0.05) is 11.7 Å². The lowest BCUT2D eigenvalue weighted by molar-refractivity contribution is 0.507. The van der Waals surface area contributed by atoms with Gasteiger partial charge in [-0.15, -0.1) is 0 Å². The predicted octanol–water partition coefficient (Wildman–Crippen LogP) is 1.35. The highest BCUT2D eigenvalue weighted by atomic mass is 79.9. The van der Waals surface area contributed by atoms with Crippen molar-refractivity contribution in [2.24, 2.45) is 10.7 Å². The van der Waals surface area contributed by atoms with E-state index in [1.165, 1.54) is 0 Å². The standard InChI is InChI=1S/C10H18BrN5/c1-10(2,3)15-9(12)13-4-5-16-7-8(11)6-14-16/h6-7H,4-5H2,1-3H3,(H3,12,13,15). The number of hydrogen-bond donors (Lipinski definition) is 2. The van der Waals surface area contributed by atoms with E-state index in [1.807, 2.05) is 31.6 Å². The van der Waals surface area contributed by atoms with Crippen molar-refractivity contribution in [1.82, 2.24) is 15.1 Å². The Labute approximate surface area is 104 Å². The lowest BCUT2D eigenvalue weighted by Gasteiger charge is -2.20. The normalized spacial score (nSPS) is 12.9. The zero-order valence-corrected chi connectivity index (χ0v) is 11.5. The molecule has 1 rings (SSSR count). The van der Waals surface area contributed by atoms with E-state index in [0.29, 0.717) is 12.5 Å². The van der Waals surface area contributed by atoms with Gasteiger partial charge in [-0.05, 0) is 36.7 Å². The van der Waals surface area contributed by atoms with Gasteiger partial charge >= 0.3 is 0 Å². The molecule has 0 unspecified atom stereocenters. The highest BCUT2D eigenvalue weighted by Crippen LogP contribution is 2.05. The second-order valence-electron chi connectivity index (χ2n) is 4.56. The van der Waals surface area contributed by atoms with Gasteiger partial charge in [0.05, 0.1) is 23.8 Å². The molecule has 1 aromatic rings. The Morgan fingerprint density at radius 1 is 1.62 bits per heavy atom. The topological polar surface area (TPSA) is 68.2 Å². The van der Waals surface area contributed by atoms with Gasteiger partial charge in [0.1, 0.15) is 0 Å². The molecular formula is C10H18BrN5. The molecule has 16 heavy (non-hydrogen) atoms. The summed E-state index contributed by atoms with van der Waals surface area (Å²) >= 11 is 3.34. The first kappa shape index (κ1) is 13.0. The first-order chi connectivity index (χ1) is 7.37. The zero-order chi connectivity index (χ0) is 12.2. The molecule has 90 valence electrons. The maximum absolute atomic E-state index is 5.73. The fourth-order valence-corrected chi connectivity index (χ4v) is 1.49. The quantitative estimate of drug-likeness (QED) is 0.651. The lowest BCUT2D eigenvalue weighted by atomic mass is 10.1. The summed E-state index contributed by atoms with van der Waals surface area (Å²) in [6, 6.07) is 0. The van der Waals surface area contributed by atoms with Crippen LogP contribution in [0.2, 0.25) is 0 Å². The van der Waals surface area contributed by atoms with Crippen LogP contribution in [0.1, 0.15) is 20.8 Å². The van der Waals surface area contributed by atoms with Crippen molar-refractivity contribution in [3.63, 3.8) is 0 Å². The van der Waals surface area contributed by atoms with Crippen LogP contribution >= 0.6 is 15.9 Å². The molecule has 0 spiro atoms. The summed E-state index contributed by atoms with van der Waals surface area (Å²) in [5.41, 5.74) is 5.68. The second-order valence-corrected chi connectivity index (χ2v) is 5.48. The zero-order valence-electron chi connectivity index (χ0n) is 9.87. The first-order valence-electron chi connectivity index (χ1n) is 5.13. The molecule has 5 nitrogen and oxygen atoms in total. The molecule has 0 aliphatic rings. The minimum Gasteiger partial charge on any atom is -0.370 e. The third kappa shape index (κ3) is 5.16. The maximum atomic E-state index is 5.73. The van der Waals surface area contributed by atoms with Crippen LogP contribution < -0.4 is 11.1 Å². The molecule has 0 saturated carbocycles. The number of hydrogen-bond acceptors (Lipinski definition) is 2. The number of rotatable bonds is 3. The van der Waals surface area contributed by atoms with E-state index in [9.17, 15) is 0 Å². The van der Waals surface area contributed by atoms with Crippen LogP contribution in [0.5, 0.6) is 0 Å². The highest BCUT2D eigenvalue weighted by molar-refractivity contribution is 9.10. The van der Waals surface area contributed by atoms with Crippen molar-refractivity contribution in [3.8, 4) is 0 Å². The molecule has 0 fully saturated rings. The Kier molecular flexibility index (Phi) is 4.35. The van der Waals surface area contributed by atoms with E-state index in [0.717, 1.165) is 11.0 Å². The van der Waals surface area contributed by atoms with Crippen molar-refractivity contribution >= 4 is 21.9 Å². The van der Waals surface area contributed by atoms with E-state index >= 15 is 0 Å². The summed E-state index contributed by atoms with van der Waals surface area (Å²) in [6.07, 6.45) is 3.66. The largest absolute Gasteiger partial charge is 0.370 e. The third-order valence-electron chi connectivity index (χ3n) is 1.72. The summed E-state index contributed by atoms with van der Waals surface area (Å²) in [5.74, 6) is 0.471. The van der Waals surface area contributed by atoms with Gasteiger partial charge in [-0.3, -0.25) is 9.67 Å². The molecule has 0 amide bonds. The number of nitrogens with zero attached hydrogens (tertiary/aromatic N) is 3. The van der Waals surface area contributed by atoms with Gasteiger partial charge in [-0.2, -0.15) is 5.10 Å². The first-order valence-corrected chi connectivity index (χ1v) is 5.92. The molecule has 0 bridgehead atoms. The van der Waals surface area contributed by atoms with Crippen molar-refractivity contribution in [2.45, 2.75) is 32.9 Å². The lowest BCUT2D eigenvalue weighted by Crippen LogP contribution is -2.45. The molecule has 0 aliphatic heterocycles. The van der Waals surface area contributed by atoms with Gasteiger partial charge in [0.25, 0.3) is 0 Å². The molecule has 1 heterocycles. The average Bonchev–Trinajstić information content (AvgIpc) is 2.48. The SMILES string of the molecule is CC(C)(C)NC(N)=NCCn1cc(Br)cn1. The molecular weight excluding hydrogens is 270 g/mol. The maximum Gasteiger partial charge on any atom is 0.189 e. The van der Waals surface area contributed by atoms with Gasteiger partial charge in [-0.25, -0.2) is 0 Å². The molecule has 0 aliphatic carbocycles. The Hall–Kier alpha value is -1.04. The van der Waals surface area contributed by atoms with Crippen molar-refractivity contribution < 1.29 is 0 Å². The fourth-order valence-electron chi connectivity index (χ4n) is 1.16. The number of nitrogens with two attached hydrogens (primary N) is 1. The number of guanidine groups is 1. The van der Waals surface area contributed by atoms with Crippen LogP contribution in [0.15, 0.2) is 21.9 Å². The summed E-state index contributed by atoms with van der Waals surface area (Å²) < 4.78 is 2.79. The Balaban J connectivity index is 2.36. The molecule has 0 radical (unpaired) electrons. The van der Waals surface area contributed by atoms with E-state index in [2.05, 4.69) is 31.3 Å².